The highest BCUT2D eigenvalue weighted by Crippen LogP contribution is 2.26. The Morgan fingerprint density at radius 3 is 2.79 bits per heavy atom. The lowest BCUT2D eigenvalue weighted by Crippen LogP contribution is -2.58. The molecule has 2 atom stereocenters. The molecular formula is C21H28FN3O3S. The van der Waals surface area contributed by atoms with Crippen LogP contribution < -0.4 is 5.32 Å². The van der Waals surface area contributed by atoms with Gasteiger partial charge in [0.1, 0.15) is 17.5 Å². The Labute approximate surface area is 175 Å². The zero-order valence-corrected chi connectivity index (χ0v) is 17.9. The topological polar surface area (TPSA) is 71.5 Å². The Kier molecular flexibility index (Phi) is 9.21. The number of nitrogens with zero attached hydrogens (tertiary/aromatic N) is 2. The number of aromatic nitrogens is 1. The fourth-order valence-corrected chi connectivity index (χ4v) is 3.78. The number of thiazole rings is 1. The van der Waals surface area contributed by atoms with Crippen molar-refractivity contribution in [2.24, 2.45) is 0 Å². The number of halogens is 1. The van der Waals surface area contributed by atoms with Gasteiger partial charge in [0.2, 0.25) is 0 Å². The molecule has 0 bridgehead atoms. The largest absolute Gasteiger partial charge is 0.463 e. The standard InChI is InChI=1S/C21H28FN3O3S/c1-4-8-17(20-23-10-12-29-20)24-18(15(5-2)21(27)28-6-3)14-25-13-16(22)19(25)9-7-11-26/h7-12,16,19,24H,4-6,13-14H2,1-3H3/b9-7+,17-8+,18-15+. The third-order valence-electron chi connectivity index (χ3n) is 4.55. The molecule has 2 unspecified atom stereocenters. The number of aldehydes is 1. The second kappa shape index (κ2) is 11.6. The molecule has 1 aliphatic rings. The molecule has 2 heterocycles. The average Bonchev–Trinajstić information content (AvgIpc) is 3.22. The molecule has 0 spiro atoms. The maximum absolute atomic E-state index is 14.0. The van der Waals surface area contributed by atoms with Gasteiger partial charge in [0, 0.05) is 30.4 Å². The molecule has 0 saturated carbocycles. The molecule has 6 nitrogen and oxygen atoms in total. The lowest BCUT2D eigenvalue weighted by atomic mass is 9.98. The van der Waals surface area contributed by atoms with E-state index in [2.05, 4.69) is 10.3 Å². The molecule has 8 heteroatoms. The number of carbonyl (C=O) groups is 2. The molecule has 2 rings (SSSR count). The Bertz CT molecular complexity index is 774. The van der Waals surface area contributed by atoms with Gasteiger partial charge in [-0.15, -0.1) is 11.3 Å². The summed E-state index contributed by atoms with van der Waals surface area (Å²) in [5.74, 6) is -0.384. The molecule has 1 N–H and O–H groups in total. The summed E-state index contributed by atoms with van der Waals surface area (Å²) >= 11 is 1.50. The highest BCUT2D eigenvalue weighted by molar-refractivity contribution is 7.10. The number of hydrogen-bond acceptors (Lipinski definition) is 7. The molecule has 1 aliphatic heterocycles. The van der Waals surface area contributed by atoms with Crippen LogP contribution in [0.25, 0.3) is 5.70 Å². The SMILES string of the molecule is CC/C=C(/N/C(CN1CC(F)C1/C=C/C=O)=C(\CC)C(=O)OCC)c1nccs1. The van der Waals surface area contributed by atoms with Crippen molar-refractivity contribution < 1.29 is 18.7 Å². The van der Waals surface area contributed by atoms with Crippen LogP contribution in [0.2, 0.25) is 0 Å². The number of esters is 1. The van der Waals surface area contributed by atoms with Crippen molar-refractivity contribution >= 4 is 29.3 Å². The van der Waals surface area contributed by atoms with Gasteiger partial charge in [0.15, 0.2) is 0 Å². The van der Waals surface area contributed by atoms with E-state index in [1.165, 1.54) is 17.4 Å². The average molecular weight is 422 g/mol. The van der Waals surface area contributed by atoms with Crippen LogP contribution in [-0.2, 0) is 14.3 Å². The van der Waals surface area contributed by atoms with Crippen molar-refractivity contribution in [2.75, 3.05) is 19.7 Å². The van der Waals surface area contributed by atoms with Crippen LogP contribution in [0.4, 0.5) is 4.39 Å². The molecule has 0 aliphatic carbocycles. The van der Waals surface area contributed by atoms with Crippen LogP contribution >= 0.6 is 11.3 Å². The molecule has 1 fully saturated rings. The summed E-state index contributed by atoms with van der Waals surface area (Å²) in [6, 6.07) is -0.490. The van der Waals surface area contributed by atoms with Gasteiger partial charge in [-0.1, -0.05) is 26.0 Å². The third-order valence-corrected chi connectivity index (χ3v) is 5.35. The summed E-state index contributed by atoms with van der Waals surface area (Å²) < 4.78 is 19.2. The molecule has 0 radical (unpaired) electrons. The van der Waals surface area contributed by atoms with Gasteiger partial charge in [-0.05, 0) is 25.8 Å². The minimum atomic E-state index is -1.04. The lowest BCUT2D eigenvalue weighted by molar-refractivity contribution is -0.138. The number of rotatable bonds is 11. The first kappa shape index (κ1) is 23.0. The highest BCUT2D eigenvalue weighted by atomic mass is 32.1. The monoisotopic (exact) mass is 421 g/mol. The van der Waals surface area contributed by atoms with Gasteiger partial charge >= 0.3 is 5.97 Å². The smallest absolute Gasteiger partial charge is 0.335 e. The van der Waals surface area contributed by atoms with Crippen LogP contribution in [0.1, 0.15) is 38.6 Å². The zero-order chi connectivity index (χ0) is 21.2. The first-order valence-corrected chi connectivity index (χ1v) is 10.7. The van der Waals surface area contributed by atoms with Crippen LogP contribution in [0.15, 0.2) is 41.1 Å². The van der Waals surface area contributed by atoms with Crippen molar-refractivity contribution in [3.63, 3.8) is 0 Å². The number of ether oxygens (including phenoxy) is 1. The summed E-state index contributed by atoms with van der Waals surface area (Å²) in [5.41, 5.74) is 1.99. The fourth-order valence-electron chi connectivity index (χ4n) is 3.14. The molecule has 0 amide bonds. The summed E-state index contributed by atoms with van der Waals surface area (Å²) in [6.07, 6.45) is 7.46. The molecule has 1 saturated heterocycles. The van der Waals surface area contributed by atoms with Crippen molar-refractivity contribution in [1.29, 1.82) is 0 Å². The maximum atomic E-state index is 14.0. The Morgan fingerprint density at radius 1 is 1.45 bits per heavy atom. The number of hydrogen-bond donors (Lipinski definition) is 1. The summed E-state index contributed by atoms with van der Waals surface area (Å²) in [4.78, 5) is 29.4. The first-order chi connectivity index (χ1) is 14.0. The number of alkyl halides is 1. The van der Waals surface area contributed by atoms with Gasteiger partial charge < -0.3 is 10.1 Å². The lowest BCUT2D eigenvalue weighted by Gasteiger charge is -2.43. The number of carbonyl (C=O) groups excluding carboxylic acids is 2. The number of likely N-dealkylation sites (tertiary alicyclic amines) is 1. The van der Waals surface area contributed by atoms with Crippen molar-refractivity contribution in [3.8, 4) is 0 Å². The van der Waals surface area contributed by atoms with Gasteiger partial charge in [-0.2, -0.15) is 0 Å². The Balaban J connectivity index is 2.35. The van der Waals surface area contributed by atoms with E-state index >= 15 is 0 Å². The third kappa shape index (κ3) is 6.08. The van der Waals surface area contributed by atoms with Gasteiger partial charge in [-0.3, -0.25) is 9.69 Å². The van der Waals surface area contributed by atoms with E-state index in [0.717, 1.165) is 17.1 Å². The maximum Gasteiger partial charge on any atom is 0.335 e. The highest BCUT2D eigenvalue weighted by Gasteiger charge is 2.38. The van der Waals surface area contributed by atoms with E-state index in [1.54, 1.807) is 19.2 Å². The molecule has 0 aromatic carbocycles. The van der Waals surface area contributed by atoms with E-state index in [9.17, 15) is 14.0 Å². The van der Waals surface area contributed by atoms with E-state index in [0.29, 0.717) is 30.5 Å². The van der Waals surface area contributed by atoms with Crippen molar-refractivity contribution in [1.82, 2.24) is 15.2 Å². The van der Waals surface area contributed by atoms with Gasteiger partial charge in [-0.25, -0.2) is 14.2 Å². The van der Waals surface area contributed by atoms with Crippen LogP contribution in [-0.4, -0.2) is 54.0 Å². The number of allylic oxidation sites excluding steroid dienone is 2. The first-order valence-electron chi connectivity index (χ1n) is 9.81. The van der Waals surface area contributed by atoms with Crippen molar-refractivity contribution in [3.05, 3.63) is 46.1 Å². The number of nitrogens with one attached hydrogen (secondary N) is 1. The summed E-state index contributed by atoms with van der Waals surface area (Å²) in [5, 5.41) is 6.07. The minimum Gasteiger partial charge on any atom is -0.463 e. The van der Waals surface area contributed by atoms with E-state index < -0.39 is 12.2 Å². The summed E-state index contributed by atoms with van der Waals surface area (Å²) in [7, 11) is 0. The second-order valence-electron chi connectivity index (χ2n) is 6.48. The Hall–Kier alpha value is -2.32. The minimum absolute atomic E-state index is 0.239. The van der Waals surface area contributed by atoms with Crippen LogP contribution in [0, 0.1) is 0 Å². The normalized spacial score (nSPS) is 20.9. The van der Waals surface area contributed by atoms with E-state index in [4.69, 9.17) is 4.74 Å². The predicted molar refractivity (Wildman–Crippen MR) is 113 cm³/mol. The molecule has 1 aromatic rings. The fraction of sp³-hybridized carbons (Fsp3) is 0.476. The second-order valence-corrected chi connectivity index (χ2v) is 7.37. The zero-order valence-electron chi connectivity index (χ0n) is 17.1. The molecular weight excluding hydrogens is 393 g/mol. The molecule has 29 heavy (non-hydrogen) atoms. The quantitative estimate of drug-likeness (QED) is 0.335. The predicted octanol–water partition coefficient (Wildman–Crippen LogP) is 3.49. The molecule has 1 aromatic heterocycles. The van der Waals surface area contributed by atoms with E-state index in [-0.39, 0.29) is 19.1 Å². The van der Waals surface area contributed by atoms with Gasteiger partial charge in [0.05, 0.1) is 23.9 Å². The van der Waals surface area contributed by atoms with E-state index in [1.807, 2.05) is 30.2 Å². The van der Waals surface area contributed by atoms with Crippen LogP contribution in [0.5, 0.6) is 0 Å². The van der Waals surface area contributed by atoms with Crippen molar-refractivity contribution in [2.45, 2.75) is 45.8 Å². The Morgan fingerprint density at radius 2 is 2.24 bits per heavy atom. The molecule has 158 valence electrons. The van der Waals surface area contributed by atoms with Gasteiger partial charge in [0.25, 0.3) is 0 Å². The van der Waals surface area contributed by atoms with Crippen LogP contribution in [0.3, 0.4) is 0 Å². The summed E-state index contributed by atoms with van der Waals surface area (Å²) in [6.45, 7) is 6.53.